The molecule has 2 fully saturated rings. The van der Waals surface area contributed by atoms with Gasteiger partial charge < -0.3 is 14.7 Å². The summed E-state index contributed by atoms with van der Waals surface area (Å²) in [6, 6.07) is 0. The lowest BCUT2D eigenvalue weighted by Crippen LogP contribution is -2.48. The summed E-state index contributed by atoms with van der Waals surface area (Å²) in [6.45, 7) is 6.54. The number of likely N-dealkylation sites (tertiary alicyclic amines) is 1. The Balaban J connectivity index is 2.00. The lowest BCUT2D eigenvalue weighted by Gasteiger charge is -2.36. The summed E-state index contributed by atoms with van der Waals surface area (Å²) in [5, 5.41) is 9.20. The highest BCUT2D eigenvalue weighted by molar-refractivity contribution is 5.73. The van der Waals surface area contributed by atoms with E-state index in [0.717, 1.165) is 12.8 Å². The van der Waals surface area contributed by atoms with Crippen LogP contribution in [0, 0.1) is 17.8 Å². The van der Waals surface area contributed by atoms with E-state index in [2.05, 4.69) is 0 Å². The lowest BCUT2D eigenvalue weighted by atomic mass is 9.85. The van der Waals surface area contributed by atoms with Crippen LogP contribution in [0.1, 0.15) is 33.6 Å². The first kappa shape index (κ1) is 13.2. The third-order valence-corrected chi connectivity index (χ3v) is 3.77. The predicted molar refractivity (Wildman–Crippen MR) is 65.1 cm³/mol. The molecular formula is C13H21NO4. The minimum Gasteiger partial charge on any atom is -0.481 e. The maximum Gasteiger partial charge on any atom is 0.410 e. The topological polar surface area (TPSA) is 66.8 Å². The monoisotopic (exact) mass is 255 g/mol. The Bertz CT molecular complexity index is 346. The van der Waals surface area contributed by atoms with Gasteiger partial charge in [-0.2, -0.15) is 0 Å². The number of hydrogen-bond donors (Lipinski definition) is 1. The van der Waals surface area contributed by atoms with Crippen molar-refractivity contribution in [3.8, 4) is 0 Å². The van der Waals surface area contributed by atoms with Crippen molar-refractivity contribution in [1.82, 2.24) is 4.90 Å². The van der Waals surface area contributed by atoms with E-state index in [1.54, 1.807) is 4.90 Å². The van der Waals surface area contributed by atoms with Gasteiger partial charge in [0.1, 0.15) is 5.60 Å². The zero-order valence-electron chi connectivity index (χ0n) is 11.2. The molecule has 1 saturated heterocycles. The molecule has 1 heterocycles. The van der Waals surface area contributed by atoms with Crippen molar-refractivity contribution in [1.29, 1.82) is 0 Å². The normalized spacial score (nSPS) is 31.3. The summed E-state index contributed by atoms with van der Waals surface area (Å²) in [5.41, 5.74) is -0.500. The second-order valence-corrected chi connectivity index (χ2v) is 6.35. The van der Waals surface area contributed by atoms with Crippen LogP contribution in [0.5, 0.6) is 0 Å². The molecular weight excluding hydrogens is 234 g/mol. The fourth-order valence-electron chi connectivity index (χ4n) is 3.10. The van der Waals surface area contributed by atoms with Crippen molar-refractivity contribution in [2.75, 3.05) is 13.1 Å². The molecule has 0 radical (unpaired) electrons. The van der Waals surface area contributed by atoms with Crippen molar-refractivity contribution >= 4 is 12.1 Å². The first-order valence-corrected chi connectivity index (χ1v) is 6.48. The van der Waals surface area contributed by atoms with E-state index in [9.17, 15) is 14.7 Å². The zero-order valence-corrected chi connectivity index (χ0v) is 11.2. The largest absolute Gasteiger partial charge is 0.481 e. The Morgan fingerprint density at radius 1 is 1.17 bits per heavy atom. The standard InChI is InChI=1S/C13H21NO4/c1-13(2,3)18-12(17)14-6-8-4-5-9(7-14)10(8)11(15)16/h8-10H,4-7H2,1-3H3,(H,15,16)/t8-,9+,10-. The molecule has 2 aliphatic rings. The molecule has 1 aliphatic carbocycles. The van der Waals surface area contributed by atoms with Gasteiger partial charge in [-0.15, -0.1) is 0 Å². The molecule has 0 unspecified atom stereocenters. The molecule has 18 heavy (non-hydrogen) atoms. The SMILES string of the molecule is CC(C)(C)OC(=O)N1C[C@H]2CC[C@@H](C1)[C@@H]2C(=O)O. The summed E-state index contributed by atoms with van der Waals surface area (Å²) in [6.07, 6.45) is 1.49. The van der Waals surface area contributed by atoms with Gasteiger partial charge in [0.2, 0.25) is 0 Å². The Morgan fingerprint density at radius 2 is 1.67 bits per heavy atom. The second kappa shape index (κ2) is 4.44. The molecule has 1 amide bonds. The highest BCUT2D eigenvalue weighted by Crippen LogP contribution is 2.42. The van der Waals surface area contributed by atoms with Gasteiger partial charge in [0.05, 0.1) is 5.92 Å². The average Bonchev–Trinajstić information content (AvgIpc) is 2.47. The summed E-state index contributed by atoms with van der Waals surface area (Å²) in [5.74, 6) is -0.808. The molecule has 0 aromatic heterocycles. The van der Waals surface area contributed by atoms with Crippen LogP contribution in [0.3, 0.4) is 0 Å². The molecule has 2 bridgehead atoms. The maximum atomic E-state index is 12.0. The molecule has 5 nitrogen and oxygen atoms in total. The zero-order chi connectivity index (χ0) is 13.5. The first-order chi connectivity index (χ1) is 8.28. The smallest absolute Gasteiger partial charge is 0.410 e. The van der Waals surface area contributed by atoms with Gasteiger partial charge in [0, 0.05) is 13.1 Å². The van der Waals surface area contributed by atoms with E-state index in [0.29, 0.717) is 13.1 Å². The fraction of sp³-hybridized carbons (Fsp3) is 0.846. The molecule has 2 rings (SSSR count). The number of fused-ring (bicyclic) bond motifs is 2. The van der Waals surface area contributed by atoms with Crippen LogP contribution >= 0.6 is 0 Å². The third kappa shape index (κ3) is 2.60. The number of carbonyl (C=O) groups excluding carboxylic acids is 1. The van der Waals surface area contributed by atoms with Crippen molar-refractivity contribution in [2.45, 2.75) is 39.2 Å². The van der Waals surface area contributed by atoms with Gasteiger partial charge >= 0.3 is 12.1 Å². The van der Waals surface area contributed by atoms with E-state index in [-0.39, 0.29) is 23.8 Å². The van der Waals surface area contributed by atoms with Crippen LogP contribution in [0.4, 0.5) is 4.79 Å². The Kier molecular flexibility index (Phi) is 3.25. The fourth-order valence-corrected chi connectivity index (χ4v) is 3.10. The van der Waals surface area contributed by atoms with Crippen LogP contribution in [-0.4, -0.2) is 40.8 Å². The van der Waals surface area contributed by atoms with E-state index < -0.39 is 11.6 Å². The minimum absolute atomic E-state index is 0.0915. The summed E-state index contributed by atoms with van der Waals surface area (Å²) in [4.78, 5) is 24.8. The van der Waals surface area contributed by atoms with Crippen LogP contribution in [0.25, 0.3) is 0 Å². The van der Waals surface area contributed by atoms with Crippen molar-refractivity contribution in [3.05, 3.63) is 0 Å². The number of rotatable bonds is 1. The van der Waals surface area contributed by atoms with Gasteiger partial charge in [-0.3, -0.25) is 4.79 Å². The Morgan fingerprint density at radius 3 is 2.06 bits per heavy atom. The van der Waals surface area contributed by atoms with E-state index in [1.165, 1.54) is 0 Å². The highest BCUT2D eigenvalue weighted by atomic mass is 16.6. The number of amides is 1. The number of carboxylic acids is 1. The number of piperidine rings is 1. The van der Waals surface area contributed by atoms with Gasteiger partial charge in [-0.25, -0.2) is 4.79 Å². The van der Waals surface area contributed by atoms with Gasteiger partial charge in [0.25, 0.3) is 0 Å². The molecule has 1 N–H and O–H groups in total. The molecule has 0 spiro atoms. The number of carbonyl (C=O) groups is 2. The average molecular weight is 255 g/mol. The van der Waals surface area contributed by atoms with E-state index in [4.69, 9.17) is 4.74 Å². The van der Waals surface area contributed by atoms with Crippen molar-refractivity contribution < 1.29 is 19.4 Å². The molecule has 0 aromatic carbocycles. The molecule has 1 aliphatic heterocycles. The number of carboxylic acid groups (broad SMARTS) is 1. The highest BCUT2D eigenvalue weighted by Gasteiger charge is 2.47. The van der Waals surface area contributed by atoms with Crippen LogP contribution < -0.4 is 0 Å². The van der Waals surface area contributed by atoms with E-state index in [1.807, 2.05) is 20.8 Å². The van der Waals surface area contributed by atoms with Crippen LogP contribution in [0.2, 0.25) is 0 Å². The molecule has 0 aromatic rings. The van der Waals surface area contributed by atoms with Crippen LogP contribution in [-0.2, 0) is 9.53 Å². The van der Waals surface area contributed by atoms with Crippen LogP contribution in [0.15, 0.2) is 0 Å². The second-order valence-electron chi connectivity index (χ2n) is 6.35. The van der Waals surface area contributed by atoms with Gasteiger partial charge in [-0.05, 0) is 45.4 Å². The molecule has 3 atom stereocenters. The number of aliphatic carboxylic acids is 1. The Labute approximate surface area is 107 Å². The summed E-state index contributed by atoms with van der Waals surface area (Å²) in [7, 11) is 0. The lowest BCUT2D eigenvalue weighted by molar-refractivity contribution is -0.146. The van der Waals surface area contributed by atoms with Gasteiger partial charge in [0.15, 0.2) is 0 Å². The summed E-state index contributed by atoms with van der Waals surface area (Å²) >= 11 is 0. The van der Waals surface area contributed by atoms with Crippen molar-refractivity contribution in [2.24, 2.45) is 17.8 Å². The predicted octanol–water partition coefficient (Wildman–Crippen LogP) is 1.96. The van der Waals surface area contributed by atoms with Gasteiger partial charge in [-0.1, -0.05) is 0 Å². The third-order valence-electron chi connectivity index (χ3n) is 3.77. The summed E-state index contributed by atoms with van der Waals surface area (Å²) < 4.78 is 5.34. The molecule has 5 heteroatoms. The van der Waals surface area contributed by atoms with E-state index >= 15 is 0 Å². The first-order valence-electron chi connectivity index (χ1n) is 6.48. The Hall–Kier alpha value is -1.26. The van der Waals surface area contributed by atoms with Crippen molar-refractivity contribution in [3.63, 3.8) is 0 Å². The molecule has 1 saturated carbocycles. The quantitative estimate of drug-likeness (QED) is 0.777. The number of nitrogens with zero attached hydrogens (tertiary/aromatic N) is 1. The number of ether oxygens (including phenoxy) is 1. The minimum atomic E-state index is -0.716. The molecule has 102 valence electrons. The number of hydrogen-bond acceptors (Lipinski definition) is 3. The maximum absolute atomic E-state index is 12.0.